The molecule has 10 rings (SSSR count). The van der Waals surface area contributed by atoms with Crippen LogP contribution in [0.25, 0.3) is 96.8 Å². The summed E-state index contributed by atoms with van der Waals surface area (Å²) in [6.07, 6.45) is 0. The Labute approximate surface area is 296 Å². The van der Waals surface area contributed by atoms with Crippen molar-refractivity contribution in [3.8, 4) is 56.4 Å². The van der Waals surface area contributed by atoms with Gasteiger partial charge in [0.25, 0.3) is 0 Å². The molecule has 3 aromatic heterocycles. The molecule has 0 fully saturated rings. The lowest BCUT2D eigenvalue weighted by Crippen LogP contribution is -1.99. The van der Waals surface area contributed by atoms with Crippen LogP contribution in [0.5, 0.6) is 0 Å². The molecule has 0 amide bonds. The molecule has 50 heavy (non-hydrogen) atoms. The van der Waals surface area contributed by atoms with Gasteiger partial charge in [-0.15, -0.1) is 22.7 Å². The van der Waals surface area contributed by atoms with Crippen LogP contribution in [0.1, 0.15) is 0 Å². The van der Waals surface area contributed by atoms with Crippen LogP contribution in [-0.2, 0) is 0 Å². The maximum absolute atomic E-state index is 4.98. The Bertz CT molecular complexity index is 2800. The third-order valence-corrected chi connectivity index (χ3v) is 11.7. The van der Waals surface area contributed by atoms with Crippen LogP contribution in [0.15, 0.2) is 164 Å². The quantitative estimate of drug-likeness (QED) is 0.182. The van der Waals surface area contributed by atoms with Crippen molar-refractivity contribution in [2.24, 2.45) is 0 Å². The van der Waals surface area contributed by atoms with Gasteiger partial charge in [0.2, 0.25) is 0 Å². The largest absolute Gasteiger partial charge is 0.208 e. The minimum Gasteiger partial charge on any atom is -0.208 e. The van der Waals surface area contributed by atoms with Gasteiger partial charge < -0.3 is 0 Å². The zero-order valence-electron chi connectivity index (χ0n) is 26.7. The standard InChI is InChI=1S/C45H27N3S2/c1-4-12-28(13-5-1)33-25-36(42-38(26-33)34-18-10-11-19-39(34)50-42)31-21-23-40-37(24-31)35-22-20-32(27-41(35)49-40)45-47-43(29-14-6-2-7-15-29)46-44(48-45)30-16-8-3-9-17-30/h1-27H. The number of rotatable bonds is 5. The van der Waals surface area contributed by atoms with Gasteiger partial charge in [-0.2, -0.15) is 0 Å². The summed E-state index contributed by atoms with van der Waals surface area (Å²) in [6, 6.07) is 58.0. The average Bonchev–Trinajstić information content (AvgIpc) is 3.76. The first-order valence-electron chi connectivity index (χ1n) is 16.6. The molecule has 5 heteroatoms. The maximum Gasteiger partial charge on any atom is 0.164 e. The van der Waals surface area contributed by atoms with Crippen LogP contribution in [0.3, 0.4) is 0 Å². The fourth-order valence-corrected chi connectivity index (χ4v) is 9.21. The van der Waals surface area contributed by atoms with Crippen LogP contribution < -0.4 is 0 Å². The van der Waals surface area contributed by atoms with Gasteiger partial charge in [-0.05, 0) is 53.1 Å². The molecule has 0 bridgehead atoms. The summed E-state index contributed by atoms with van der Waals surface area (Å²) in [5, 5.41) is 5.12. The molecule has 0 radical (unpaired) electrons. The van der Waals surface area contributed by atoms with Crippen molar-refractivity contribution < 1.29 is 0 Å². The second-order valence-corrected chi connectivity index (χ2v) is 14.6. The predicted octanol–water partition coefficient (Wildman–Crippen LogP) is 12.9. The molecule has 0 spiro atoms. The molecule has 0 aliphatic heterocycles. The number of hydrogen-bond donors (Lipinski definition) is 0. The molecule has 3 nitrogen and oxygen atoms in total. The third kappa shape index (κ3) is 4.98. The molecule has 0 aliphatic carbocycles. The average molecular weight is 674 g/mol. The lowest BCUT2D eigenvalue weighted by atomic mass is 9.95. The van der Waals surface area contributed by atoms with Gasteiger partial charge >= 0.3 is 0 Å². The Balaban J connectivity index is 1.12. The molecule has 0 atom stereocenters. The van der Waals surface area contributed by atoms with Crippen LogP contribution in [0.2, 0.25) is 0 Å². The van der Waals surface area contributed by atoms with E-state index in [2.05, 4.69) is 103 Å². The minimum atomic E-state index is 0.667. The van der Waals surface area contributed by atoms with E-state index in [1.807, 2.05) is 83.3 Å². The highest BCUT2D eigenvalue weighted by atomic mass is 32.1. The fourth-order valence-electron chi connectivity index (χ4n) is 6.86. The van der Waals surface area contributed by atoms with Crippen molar-refractivity contribution >= 4 is 63.0 Å². The Morgan fingerprint density at radius 3 is 1.54 bits per heavy atom. The van der Waals surface area contributed by atoms with Gasteiger partial charge in [0.05, 0.1) is 0 Å². The van der Waals surface area contributed by atoms with Crippen molar-refractivity contribution in [1.82, 2.24) is 15.0 Å². The summed E-state index contributed by atoms with van der Waals surface area (Å²) in [5.74, 6) is 2.00. The fraction of sp³-hybridized carbons (Fsp3) is 0. The number of benzene rings is 7. The Hall–Kier alpha value is -6.01. The van der Waals surface area contributed by atoms with E-state index in [9.17, 15) is 0 Å². The molecule has 234 valence electrons. The molecule has 0 aliphatic rings. The highest BCUT2D eigenvalue weighted by Gasteiger charge is 2.17. The SMILES string of the molecule is c1ccc(-c2cc(-c3ccc4sc5cc(-c6nc(-c7ccccc7)nc(-c7ccccc7)n6)ccc5c4c3)c3sc4ccccc4c3c2)cc1. The van der Waals surface area contributed by atoms with Crippen LogP contribution in [-0.4, -0.2) is 15.0 Å². The van der Waals surface area contributed by atoms with E-state index in [1.54, 1.807) is 0 Å². The van der Waals surface area contributed by atoms with E-state index < -0.39 is 0 Å². The second-order valence-electron chi connectivity index (χ2n) is 12.4. The van der Waals surface area contributed by atoms with Crippen molar-refractivity contribution in [1.29, 1.82) is 0 Å². The topological polar surface area (TPSA) is 38.7 Å². The molecule has 7 aromatic carbocycles. The van der Waals surface area contributed by atoms with Gasteiger partial charge in [-0.25, -0.2) is 15.0 Å². The summed E-state index contributed by atoms with van der Waals surface area (Å²) in [7, 11) is 0. The second kappa shape index (κ2) is 11.8. The van der Waals surface area contributed by atoms with Gasteiger partial charge in [-0.1, -0.05) is 127 Å². The Morgan fingerprint density at radius 1 is 0.300 bits per heavy atom. The van der Waals surface area contributed by atoms with Gasteiger partial charge in [0.1, 0.15) is 0 Å². The van der Waals surface area contributed by atoms with Crippen molar-refractivity contribution in [3.05, 3.63) is 164 Å². The Kier molecular flexibility index (Phi) is 6.86. The van der Waals surface area contributed by atoms with Gasteiger partial charge in [0, 0.05) is 62.6 Å². The van der Waals surface area contributed by atoms with Crippen LogP contribution in [0.4, 0.5) is 0 Å². The summed E-state index contributed by atoms with van der Waals surface area (Å²) in [6.45, 7) is 0. The van der Waals surface area contributed by atoms with E-state index in [1.165, 1.54) is 62.6 Å². The van der Waals surface area contributed by atoms with Crippen molar-refractivity contribution in [3.63, 3.8) is 0 Å². The highest BCUT2D eigenvalue weighted by molar-refractivity contribution is 7.26. The van der Waals surface area contributed by atoms with Crippen LogP contribution in [0, 0.1) is 0 Å². The van der Waals surface area contributed by atoms with E-state index >= 15 is 0 Å². The Morgan fingerprint density at radius 2 is 0.840 bits per heavy atom. The summed E-state index contributed by atoms with van der Waals surface area (Å²) in [4.78, 5) is 14.8. The summed E-state index contributed by atoms with van der Waals surface area (Å²) < 4.78 is 5.11. The molecule has 0 N–H and O–H groups in total. The third-order valence-electron chi connectivity index (χ3n) is 9.33. The molecule has 0 unspecified atom stereocenters. The normalized spacial score (nSPS) is 11.6. The van der Waals surface area contributed by atoms with Gasteiger partial charge in [0.15, 0.2) is 17.5 Å². The molecule has 10 aromatic rings. The molecule has 0 saturated carbocycles. The predicted molar refractivity (Wildman–Crippen MR) is 213 cm³/mol. The zero-order chi connectivity index (χ0) is 33.0. The number of nitrogens with zero attached hydrogens (tertiary/aromatic N) is 3. The molecule has 3 heterocycles. The summed E-state index contributed by atoms with van der Waals surface area (Å²) >= 11 is 3.69. The van der Waals surface area contributed by atoms with E-state index in [0.29, 0.717) is 17.5 Å². The first-order valence-corrected chi connectivity index (χ1v) is 18.2. The van der Waals surface area contributed by atoms with Crippen molar-refractivity contribution in [2.45, 2.75) is 0 Å². The minimum absolute atomic E-state index is 0.667. The summed E-state index contributed by atoms with van der Waals surface area (Å²) in [5.41, 5.74) is 7.87. The first kappa shape index (κ1) is 29.0. The van der Waals surface area contributed by atoms with E-state index in [0.717, 1.165) is 16.7 Å². The van der Waals surface area contributed by atoms with Crippen molar-refractivity contribution in [2.75, 3.05) is 0 Å². The van der Waals surface area contributed by atoms with Crippen LogP contribution >= 0.6 is 22.7 Å². The number of hydrogen-bond acceptors (Lipinski definition) is 5. The number of aromatic nitrogens is 3. The molecular weight excluding hydrogens is 647 g/mol. The monoisotopic (exact) mass is 673 g/mol. The highest BCUT2D eigenvalue weighted by Crippen LogP contribution is 2.45. The van der Waals surface area contributed by atoms with E-state index in [4.69, 9.17) is 15.0 Å². The van der Waals surface area contributed by atoms with Gasteiger partial charge in [-0.3, -0.25) is 0 Å². The maximum atomic E-state index is 4.98. The smallest absolute Gasteiger partial charge is 0.164 e. The lowest BCUT2D eigenvalue weighted by Gasteiger charge is -2.10. The number of fused-ring (bicyclic) bond motifs is 6. The molecular formula is C45H27N3S2. The van der Waals surface area contributed by atoms with E-state index in [-0.39, 0.29) is 0 Å². The zero-order valence-corrected chi connectivity index (χ0v) is 28.4. The molecule has 0 saturated heterocycles. The lowest BCUT2D eigenvalue weighted by molar-refractivity contribution is 1.07. The first-order chi connectivity index (χ1) is 24.7. The number of thiophene rings is 2.